The van der Waals surface area contributed by atoms with E-state index in [-0.39, 0.29) is 5.15 Å². The average molecular weight is 241 g/mol. The van der Waals surface area contributed by atoms with Crippen molar-refractivity contribution in [3.63, 3.8) is 0 Å². The first-order chi connectivity index (χ1) is 7.54. The van der Waals surface area contributed by atoms with Crippen LogP contribution in [0.15, 0.2) is 24.3 Å². The lowest BCUT2D eigenvalue weighted by molar-refractivity contribution is 0.584. The van der Waals surface area contributed by atoms with Crippen LogP contribution in [-0.4, -0.2) is 9.97 Å². The van der Waals surface area contributed by atoms with Crippen LogP contribution in [-0.2, 0) is 0 Å². The second-order valence-corrected chi connectivity index (χ2v) is 3.67. The standard InChI is InChI=1S/C11H7ClF2N2/c1-6-15-10(5-11(12)16-6)7-2-8(13)4-9(14)3-7/h2-5H,1H3. The van der Waals surface area contributed by atoms with Crippen molar-refractivity contribution < 1.29 is 8.78 Å². The van der Waals surface area contributed by atoms with Gasteiger partial charge in [-0.05, 0) is 19.1 Å². The fourth-order valence-corrected chi connectivity index (χ4v) is 1.61. The van der Waals surface area contributed by atoms with E-state index < -0.39 is 11.6 Å². The highest BCUT2D eigenvalue weighted by Crippen LogP contribution is 2.21. The molecule has 2 aromatic rings. The molecule has 16 heavy (non-hydrogen) atoms. The normalized spacial score (nSPS) is 10.5. The quantitative estimate of drug-likeness (QED) is 0.714. The van der Waals surface area contributed by atoms with Gasteiger partial charge in [-0.1, -0.05) is 11.6 Å². The van der Waals surface area contributed by atoms with Crippen molar-refractivity contribution >= 4 is 11.6 Å². The summed E-state index contributed by atoms with van der Waals surface area (Å²) in [6, 6.07) is 4.66. The maximum absolute atomic E-state index is 13.0. The molecule has 0 atom stereocenters. The number of rotatable bonds is 1. The van der Waals surface area contributed by atoms with Gasteiger partial charge in [0.25, 0.3) is 0 Å². The molecule has 0 radical (unpaired) electrons. The fourth-order valence-electron chi connectivity index (χ4n) is 1.38. The molecule has 2 nitrogen and oxygen atoms in total. The second-order valence-electron chi connectivity index (χ2n) is 3.28. The number of halogens is 3. The van der Waals surface area contributed by atoms with E-state index in [2.05, 4.69) is 9.97 Å². The first kappa shape index (κ1) is 11.0. The van der Waals surface area contributed by atoms with Gasteiger partial charge in [-0.2, -0.15) is 0 Å². The van der Waals surface area contributed by atoms with E-state index in [0.29, 0.717) is 17.1 Å². The summed E-state index contributed by atoms with van der Waals surface area (Å²) in [6.45, 7) is 1.66. The summed E-state index contributed by atoms with van der Waals surface area (Å²) in [5.74, 6) is -0.850. The summed E-state index contributed by atoms with van der Waals surface area (Å²) in [5, 5.41) is 0.243. The molecule has 1 aromatic heterocycles. The molecule has 0 amide bonds. The molecule has 0 unspecified atom stereocenters. The van der Waals surface area contributed by atoms with Crippen molar-refractivity contribution in [2.24, 2.45) is 0 Å². The fraction of sp³-hybridized carbons (Fsp3) is 0.0909. The smallest absolute Gasteiger partial charge is 0.133 e. The summed E-state index contributed by atoms with van der Waals surface area (Å²) >= 11 is 5.74. The van der Waals surface area contributed by atoms with Gasteiger partial charge in [-0.3, -0.25) is 0 Å². The molecule has 1 heterocycles. The van der Waals surface area contributed by atoms with Gasteiger partial charge in [0.2, 0.25) is 0 Å². The van der Waals surface area contributed by atoms with Crippen LogP contribution < -0.4 is 0 Å². The minimum atomic E-state index is -0.651. The lowest BCUT2D eigenvalue weighted by Gasteiger charge is -2.03. The first-order valence-corrected chi connectivity index (χ1v) is 4.90. The average Bonchev–Trinajstić information content (AvgIpc) is 2.14. The van der Waals surface area contributed by atoms with E-state index in [9.17, 15) is 8.78 Å². The number of aromatic nitrogens is 2. The van der Waals surface area contributed by atoms with Crippen molar-refractivity contribution in [2.75, 3.05) is 0 Å². The Labute approximate surface area is 95.9 Å². The number of aryl methyl sites for hydroxylation is 1. The molecule has 0 aliphatic heterocycles. The minimum Gasteiger partial charge on any atom is -0.233 e. The third-order valence-electron chi connectivity index (χ3n) is 1.97. The summed E-state index contributed by atoms with van der Waals surface area (Å²) in [7, 11) is 0. The van der Waals surface area contributed by atoms with Crippen LogP contribution in [0.1, 0.15) is 5.82 Å². The zero-order valence-corrected chi connectivity index (χ0v) is 9.09. The summed E-state index contributed by atoms with van der Waals surface area (Å²) in [5.41, 5.74) is 0.737. The predicted molar refractivity (Wildman–Crippen MR) is 57.1 cm³/mol. The Balaban J connectivity index is 2.57. The zero-order valence-electron chi connectivity index (χ0n) is 8.34. The van der Waals surface area contributed by atoms with E-state index in [4.69, 9.17) is 11.6 Å². The third kappa shape index (κ3) is 2.33. The van der Waals surface area contributed by atoms with E-state index >= 15 is 0 Å². The van der Waals surface area contributed by atoms with Crippen molar-refractivity contribution in [1.82, 2.24) is 9.97 Å². The summed E-state index contributed by atoms with van der Waals surface area (Å²) in [4.78, 5) is 7.93. The van der Waals surface area contributed by atoms with Gasteiger partial charge < -0.3 is 0 Å². The molecule has 0 saturated heterocycles. The second kappa shape index (κ2) is 4.14. The Hall–Kier alpha value is -1.55. The molecule has 1 aromatic carbocycles. The van der Waals surface area contributed by atoms with Crippen LogP contribution in [0.3, 0.4) is 0 Å². The molecule has 0 fully saturated rings. The Morgan fingerprint density at radius 3 is 2.19 bits per heavy atom. The Bertz CT molecular complexity index is 454. The summed E-state index contributed by atoms with van der Waals surface area (Å²) in [6.07, 6.45) is 0. The van der Waals surface area contributed by atoms with Crippen LogP contribution >= 0.6 is 11.6 Å². The van der Waals surface area contributed by atoms with Gasteiger partial charge in [-0.15, -0.1) is 0 Å². The highest BCUT2D eigenvalue weighted by molar-refractivity contribution is 6.29. The molecule has 5 heteroatoms. The van der Waals surface area contributed by atoms with Gasteiger partial charge in [0, 0.05) is 17.7 Å². The molecular weight excluding hydrogens is 234 g/mol. The third-order valence-corrected chi connectivity index (χ3v) is 2.16. The van der Waals surface area contributed by atoms with Crippen LogP contribution in [0.2, 0.25) is 5.15 Å². The van der Waals surface area contributed by atoms with E-state index in [0.717, 1.165) is 6.07 Å². The van der Waals surface area contributed by atoms with Gasteiger partial charge in [0.05, 0.1) is 5.69 Å². The SMILES string of the molecule is Cc1nc(Cl)cc(-c2cc(F)cc(F)c2)n1. The molecule has 0 spiro atoms. The molecule has 2 rings (SSSR count). The molecule has 0 bridgehead atoms. The molecule has 0 aliphatic rings. The molecule has 0 N–H and O–H groups in total. The number of hydrogen-bond donors (Lipinski definition) is 0. The van der Waals surface area contributed by atoms with Gasteiger partial charge in [0.15, 0.2) is 0 Å². The van der Waals surface area contributed by atoms with Crippen molar-refractivity contribution in [3.8, 4) is 11.3 Å². The first-order valence-electron chi connectivity index (χ1n) is 4.52. The lowest BCUT2D eigenvalue weighted by atomic mass is 10.1. The predicted octanol–water partition coefficient (Wildman–Crippen LogP) is 3.38. The number of nitrogens with zero attached hydrogens (tertiary/aromatic N) is 2. The lowest BCUT2D eigenvalue weighted by Crippen LogP contribution is -1.93. The maximum Gasteiger partial charge on any atom is 0.133 e. The van der Waals surface area contributed by atoms with Crippen LogP contribution in [0.5, 0.6) is 0 Å². The molecule has 0 saturated carbocycles. The van der Waals surface area contributed by atoms with Crippen LogP contribution in [0.4, 0.5) is 8.78 Å². The Morgan fingerprint density at radius 2 is 1.62 bits per heavy atom. The van der Waals surface area contributed by atoms with Gasteiger partial charge in [0.1, 0.15) is 22.6 Å². The highest BCUT2D eigenvalue weighted by atomic mass is 35.5. The van der Waals surface area contributed by atoms with E-state index in [1.54, 1.807) is 6.92 Å². The Morgan fingerprint density at radius 1 is 1.00 bits per heavy atom. The maximum atomic E-state index is 13.0. The molecular formula is C11H7ClF2N2. The monoisotopic (exact) mass is 240 g/mol. The van der Waals surface area contributed by atoms with Crippen molar-refractivity contribution in [3.05, 3.63) is 46.9 Å². The molecule has 0 aliphatic carbocycles. The topological polar surface area (TPSA) is 25.8 Å². The van der Waals surface area contributed by atoms with Crippen LogP contribution in [0.25, 0.3) is 11.3 Å². The minimum absolute atomic E-state index is 0.243. The van der Waals surface area contributed by atoms with Gasteiger partial charge >= 0.3 is 0 Å². The largest absolute Gasteiger partial charge is 0.233 e. The van der Waals surface area contributed by atoms with E-state index in [1.807, 2.05) is 0 Å². The highest BCUT2D eigenvalue weighted by Gasteiger charge is 2.06. The number of benzene rings is 1. The van der Waals surface area contributed by atoms with Crippen molar-refractivity contribution in [2.45, 2.75) is 6.92 Å². The Kier molecular flexibility index (Phi) is 2.83. The molecule has 82 valence electrons. The van der Waals surface area contributed by atoms with E-state index in [1.165, 1.54) is 18.2 Å². The van der Waals surface area contributed by atoms with Crippen molar-refractivity contribution in [1.29, 1.82) is 0 Å². The zero-order chi connectivity index (χ0) is 11.7. The van der Waals surface area contributed by atoms with Gasteiger partial charge in [-0.25, -0.2) is 18.7 Å². The summed E-state index contributed by atoms with van der Waals surface area (Å²) < 4.78 is 26.0. The number of hydrogen-bond acceptors (Lipinski definition) is 2. The van der Waals surface area contributed by atoms with Crippen LogP contribution in [0, 0.1) is 18.6 Å².